The third-order valence-electron chi connectivity index (χ3n) is 5.50. The minimum atomic E-state index is -1.49. The van der Waals surface area contributed by atoms with Crippen LogP contribution in [0.2, 0.25) is 18.6 Å². The van der Waals surface area contributed by atoms with Crippen molar-refractivity contribution in [2.24, 2.45) is 0 Å². The summed E-state index contributed by atoms with van der Waals surface area (Å²) < 4.78 is 5.47. The molecule has 2 aromatic rings. The van der Waals surface area contributed by atoms with Gasteiger partial charge in [0.05, 0.1) is 8.07 Å². The SMILES string of the molecule is C[Si](C)(c1ccccc1)C1CCN(C(=O)OCc2ccccc2)CC1. The molecule has 1 aliphatic rings. The Morgan fingerprint density at radius 2 is 1.56 bits per heavy atom. The van der Waals surface area contributed by atoms with Crippen LogP contribution >= 0.6 is 0 Å². The van der Waals surface area contributed by atoms with Gasteiger partial charge in [0, 0.05) is 13.1 Å². The molecule has 1 fully saturated rings. The summed E-state index contributed by atoms with van der Waals surface area (Å²) in [4.78, 5) is 14.2. The number of rotatable bonds is 4. The predicted octanol–water partition coefficient (Wildman–Crippen LogP) is 4.40. The molecule has 0 spiro atoms. The lowest BCUT2D eigenvalue weighted by molar-refractivity contribution is 0.0892. The number of piperidine rings is 1. The van der Waals surface area contributed by atoms with Crippen LogP contribution in [0.5, 0.6) is 0 Å². The van der Waals surface area contributed by atoms with Gasteiger partial charge in [-0.15, -0.1) is 0 Å². The lowest BCUT2D eigenvalue weighted by atomic mass is 10.1. The Hall–Kier alpha value is -2.07. The standard InChI is InChI=1S/C21H27NO2Si/c1-25(2,19-11-7-4-8-12-19)20-13-15-22(16-14-20)21(23)24-17-18-9-5-3-6-10-18/h3-12,20H,13-17H2,1-2H3. The molecule has 132 valence electrons. The summed E-state index contributed by atoms with van der Waals surface area (Å²) >= 11 is 0. The molecule has 0 unspecified atom stereocenters. The van der Waals surface area contributed by atoms with Crippen molar-refractivity contribution in [1.29, 1.82) is 0 Å². The van der Waals surface area contributed by atoms with E-state index in [0.717, 1.165) is 31.5 Å². The summed E-state index contributed by atoms with van der Waals surface area (Å²) in [7, 11) is -1.49. The normalized spacial score (nSPS) is 15.8. The lowest BCUT2D eigenvalue weighted by Gasteiger charge is -2.39. The molecule has 1 heterocycles. The van der Waals surface area contributed by atoms with Crippen molar-refractivity contribution in [3.63, 3.8) is 0 Å². The van der Waals surface area contributed by atoms with Crippen LogP contribution in [0.1, 0.15) is 18.4 Å². The van der Waals surface area contributed by atoms with Gasteiger partial charge in [-0.3, -0.25) is 0 Å². The predicted molar refractivity (Wildman–Crippen MR) is 105 cm³/mol. The zero-order chi connectivity index (χ0) is 17.7. The van der Waals surface area contributed by atoms with Crippen LogP contribution in [0.25, 0.3) is 0 Å². The Morgan fingerprint density at radius 1 is 1.00 bits per heavy atom. The van der Waals surface area contributed by atoms with Gasteiger partial charge in [0.15, 0.2) is 0 Å². The van der Waals surface area contributed by atoms with Gasteiger partial charge in [-0.25, -0.2) is 4.79 Å². The second-order valence-electron chi connectivity index (χ2n) is 7.39. The first-order valence-electron chi connectivity index (χ1n) is 9.08. The molecule has 1 aliphatic heterocycles. The maximum absolute atomic E-state index is 12.3. The topological polar surface area (TPSA) is 29.5 Å². The average molecular weight is 354 g/mol. The van der Waals surface area contributed by atoms with Crippen molar-refractivity contribution in [3.8, 4) is 0 Å². The highest BCUT2D eigenvalue weighted by Gasteiger charge is 2.36. The van der Waals surface area contributed by atoms with Crippen LogP contribution in [0, 0.1) is 0 Å². The van der Waals surface area contributed by atoms with Crippen LogP contribution in [0.15, 0.2) is 60.7 Å². The fourth-order valence-corrected chi connectivity index (χ4v) is 6.92. The van der Waals surface area contributed by atoms with E-state index in [1.807, 2.05) is 35.2 Å². The second kappa shape index (κ2) is 7.87. The van der Waals surface area contributed by atoms with Gasteiger partial charge in [0.25, 0.3) is 0 Å². The van der Waals surface area contributed by atoms with Crippen LogP contribution in [0.3, 0.4) is 0 Å². The number of carbonyl (C=O) groups is 1. The molecule has 0 atom stereocenters. The molecule has 0 aromatic heterocycles. The highest BCUT2D eigenvalue weighted by Crippen LogP contribution is 2.33. The van der Waals surface area contributed by atoms with E-state index in [-0.39, 0.29) is 6.09 Å². The van der Waals surface area contributed by atoms with Crippen molar-refractivity contribution in [1.82, 2.24) is 4.90 Å². The van der Waals surface area contributed by atoms with Crippen molar-refractivity contribution in [2.45, 2.75) is 38.1 Å². The number of amides is 1. The van der Waals surface area contributed by atoms with Gasteiger partial charge in [0.2, 0.25) is 0 Å². The van der Waals surface area contributed by atoms with E-state index >= 15 is 0 Å². The third-order valence-corrected chi connectivity index (χ3v) is 9.94. The van der Waals surface area contributed by atoms with Gasteiger partial charge in [-0.2, -0.15) is 0 Å². The van der Waals surface area contributed by atoms with E-state index in [0.29, 0.717) is 12.1 Å². The van der Waals surface area contributed by atoms with Gasteiger partial charge >= 0.3 is 6.09 Å². The summed E-state index contributed by atoms with van der Waals surface area (Å²) in [6.07, 6.45) is 1.98. The fraction of sp³-hybridized carbons (Fsp3) is 0.381. The third kappa shape index (κ3) is 4.31. The van der Waals surface area contributed by atoms with Crippen LogP contribution in [0.4, 0.5) is 4.79 Å². The summed E-state index contributed by atoms with van der Waals surface area (Å²) in [5.41, 5.74) is 1.75. The summed E-state index contributed by atoms with van der Waals surface area (Å²) in [6, 6.07) is 20.8. The van der Waals surface area contributed by atoms with E-state index in [4.69, 9.17) is 4.74 Å². The molecule has 0 aliphatic carbocycles. The van der Waals surface area contributed by atoms with E-state index < -0.39 is 8.07 Å². The van der Waals surface area contributed by atoms with Crippen molar-refractivity contribution in [3.05, 3.63) is 66.2 Å². The first-order chi connectivity index (χ1) is 12.1. The van der Waals surface area contributed by atoms with E-state index in [1.54, 1.807) is 0 Å². The number of benzene rings is 2. The minimum absolute atomic E-state index is 0.179. The Morgan fingerprint density at radius 3 is 2.16 bits per heavy atom. The fourth-order valence-electron chi connectivity index (χ4n) is 3.70. The van der Waals surface area contributed by atoms with Crippen LogP contribution in [-0.4, -0.2) is 32.2 Å². The molecule has 3 nitrogen and oxygen atoms in total. The Kier molecular flexibility index (Phi) is 5.59. The Bertz CT molecular complexity index is 680. The maximum atomic E-state index is 12.3. The van der Waals surface area contributed by atoms with E-state index in [9.17, 15) is 4.79 Å². The lowest BCUT2D eigenvalue weighted by Crippen LogP contribution is -2.50. The molecule has 1 saturated heterocycles. The monoisotopic (exact) mass is 353 g/mol. The van der Waals surface area contributed by atoms with E-state index in [2.05, 4.69) is 43.4 Å². The maximum Gasteiger partial charge on any atom is 0.410 e. The average Bonchev–Trinajstić information content (AvgIpc) is 2.68. The number of likely N-dealkylation sites (tertiary alicyclic amines) is 1. The number of hydrogen-bond acceptors (Lipinski definition) is 2. The molecule has 1 amide bonds. The highest BCUT2D eigenvalue weighted by atomic mass is 28.3. The zero-order valence-corrected chi connectivity index (χ0v) is 16.2. The second-order valence-corrected chi connectivity index (χ2v) is 12.2. The molecular weight excluding hydrogens is 326 g/mol. The molecule has 0 N–H and O–H groups in total. The number of ether oxygens (including phenoxy) is 1. The van der Waals surface area contributed by atoms with Crippen LogP contribution in [-0.2, 0) is 11.3 Å². The number of nitrogens with zero attached hydrogens (tertiary/aromatic N) is 1. The van der Waals surface area contributed by atoms with Gasteiger partial charge in [0.1, 0.15) is 6.61 Å². The Balaban J connectivity index is 1.52. The summed E-state index contributed by atoms with van der Waals surface area (Å²) in [6.45, 7) is 6.87. The number of hydrogen-bond donors (Lipinski definition) is 0. The molecule has 25 heavy (non-hydrogen) atoms. The number of carbonyl (C=O) groups excluding carboxylic acids is 1. The summed E-state index contributed by atoms with van der Waals surface area (Å²) in [5, 5.41) is 1.51. The smallest absolute Gasteiger partial charge is 0.410 e. The van der Waals surface area contributed by atoms with E-state index in [1.165, 1.54) is 5.19 Å². The quantitative estimate of drug-likeness (QED) is 0.762. The van der Waals surface area contributed by atoms with Crippen molar-refractivity contribution in [2.75, 3.05) is 13.1 Å². The molecule has 2 aromatic carbocycles. The van der Waals surface area contributed by atoms with Crippen LogP contribution < -0.4 is 5.19 Å². The molecule has 3 rings (SSSR count). The Labute approximate surface area is 151 Å². The largest absolute Gasteiger partial charge is 0.445 e. The first kappa shape index (κ1) is 17.7. The molecular formula is C21H27NO2Si. The minimum Gasteiger partial charge on any atom is -0.445 e. The van der Waals surface area contributed by atoms with Gasteiger partial charge in [-0.05, 0) is 23.9 Å². The molecule has 0 radical (unpaired) electrons. The molecule has 0 saturated carbocycles. The zero-order valence-electron chi connectivity index (χ0n) is 15.2. The first-order valence-corrected chi connectivity index (χ1v) is 12.2. The van der Waals surface area contributed by atoms with Gasteiger partial charge in [-0.1, -0.05) is 78.9 Å². The van der Waals surface area contributed by atoms with Crippen molar-refractivity contribution < 1.29 is 9.53 Å². The molecule has 0 bridgehead atoms. The highest BCUT2D eigenvalue weighted by molar-refractivity contribution is 6.91. The molecule has 4 heteroatoms. The summed E-state index contributed by atoms with van der Waals surface area (Å²) in [5.74, 6) is 0. The van der Waals surface area contributed by atoms with Gasteiger partial charge < -0.3 is 9.64 Å². The van der Waals surface area contributed by atoms with Crippen molar-refractivity contribution >= 4 is 19.4 Å².